The first-order chi connectivity index (χ1) is 15.4. The molecule has 3 nitrogen and oxygen atoms in total. The van der Waals surface area contributed by atoms with Gasteiger partial charge in [-0.1, -0.05) is 0 Å². The van der Waals surface area contributed by atoms with Gasteiger partial charge < -0.3 is 4.42 Å². The van der Waals surface area contributed by atoms with E-state index in [-0.39, 0.29) is 17.3 Å². The van der Waals surface area contributed by atoms with Crippen LogP contribution in [-0.4, -0.2) is 11.6 Å². The number of ketones is 2. The summed E-state index contributed by atoms with van der Waals surface area (Å²) in [5.74, 6) is -0.0800. The third-order valence-electron chi connectivity index (χ3n) is 8.71. The predicted molar refractivity (Wildman–Crippen MR) is 134 cm³/mol. The predicted octanol–water partition coefficient (Wildman–Crippen LogP) is 7.45. The maximum absolute atomic E-state index is 14.0. The summed E-state index contributed by atoms with van der Waals surface area (Å²) in [6, 6.07) is 0. The summed E-state index contributed by atoms with van der Waals surface area (Å²) in [6.45, 7) is 20.6. The number of carbonyl (C=O) groups is 2. The number of hydrogen-bond acceptors (Lipinski definition) is 3. The van der Waals surface area contributed by atoms with Gasteiger partial charge in [-0.2, -0.15) is 0 Å². The van der Waals surface area contributed by atoms with Crippen LogP contribution in [0.15, 0.2) is 4.42 Å². The molecular weight excluding hydrogens is 408 g/mol. The summed E-state index contributed by atoms with van der Waals surface area (Å²) < 4.78 is 6.40. The van der Waals surface area contributed by atoms with E-state index < -0.39 is 0 Å². The first-order valence-corrected chi connectivity index (χ1v) is 11.6. The standard InChI is InChI=1S/C30H30O3/c1-11-14(4)18(8)24-21(15(11)5)19(9)20(10)25-26-27(31)22-16(6)12(2)13(3)17(7)23(22)28(32)30(26)33-29(24)25/h1-10H3. The summed E-state index contributed by atoms with van der Waals surface area (Å²) in [6.07, 6.45) is 0. The zero-order chi connectivity index (χ0) is 24.3. The molecule has 0 amide bonds. The van der Waals surface area contributed by atoms with Crippen LogP contribution in [0.5, 0.6) is 0 Å². The maximum atomic E-state index is 14.0. The van der Waals surface area contributed by atoms with Gasteiger partial charge in [-0.15, -0.1) is 0 Å². The summed E-state index contributed by atoms with van der Waals surface area (Å²) in [7, 11) is 0. The molecule has 0 aliphatic heterocycles. The van der Waals surface area contributed by atoms with Gasteiger partial charge in [-0.25, -0.2) is 0 Å². The molecule has 1 aromatic heterocycles. The van der Waals surface area contributed by atoms with Crippen LogP contribution in [0, 0.1) is 69.2 Å². The van der Waals surface area contributed by atoms with Crippen molar-refractivity contribution in [2.75, 3.05) is 0 Å². The minimum absolute atomic E-state index is 0.0953. The smallest absolute Gasteiger partial charge is 0.230 e. The SMILES string of the molecule is Cc1c(C)c(C)c2c(c1C)C(=O)c1oc3c(c(C)c(C)c4c(C)c(C)c(C)c(C)c43)c1C2=O. The first kappa shape index (κ1) is 21.6. The van der Waals surface area contributed by atoms with E-state index in [1.807, 2.05) is 34.6 Å². The highest BCUT2D eigenvalue weighted by molar-refractivity contribution is 6.34. The molecule has 1 aliphatic rings. The second-order valence-electron chi connectivity index (χ2n) is 9.92. The number of hydrogen-bond donors (Lipinski definition) is 0. The molecule has 1 heterocycles. The lowest BCUT2D eigenvalue weighted by Gasteiger charge is -2.22. The van der Waals surface area contributed by atoms with Crippen LogP contribution in [0.1, 0.15) is 87.7 Å². The highest BCUT2D eigenvalue weighted by atomic mass is 16.3. The lowest BCUT2D eigenvalue weighted by atomic mass is 9.78. The quantitative estimate of drug-likeness (QED) is 0.252. The zero-order valence-corrected chi connectivity index (χ0v) is 21.2. The van der Waals surface area contributed by atoms with Gasteiger partial charge in [0.05, 0.1) is 5.56 Å². The van der Waals surface area contributed by atoms with E-state index in [0.717, 1.165) is 49.7 Å². The molecule has 0 atom stereocenters. The Bertz CT molecular complexity index is 1620. The number of aryl methyl sites for hydroxylation is 4. The molecule has 0 fully saturated rings. The Labute approximate surface area is 194 Å². The highest BCUT2D eigenvalue weighted by Crippen LogP contribution is 2.45. The molecular formula is C30H30O3. The van der Waals surface area contributed by atoms with Crippen LogP contribution in [0.2, 0.25) is 0 Å². The van der Waals surface area contributed by atoms with Gasteiger partial charge in [0.1, 0.15) is 5.58 Å². The molecule has 0 radical (unpaired) electrons. The van der Waals surface area contributed by atoms with E-state index in [0.29, 0.717) is 22.3 Å². The summed E-state index contributed by atoms with van der Waals surface area (Å²) in [5, 5.41) is 2.98. The van der Waals surface area contributed by atoms with Crippen molar-refractivity contribution in [1.29, 1.82) is 0 Å². The van der Waals surface area contributed by atoms with E-state index >= 15 is 0 Å². The monoisotopic (exact) mass is 438 g/mol. The van der Waals surface area contributed by atoms with Crippen LogP contribution in [-0.2, 0) is 0 Å². The van der Waals surface area contributed by atoms with Crippen molar-refractivity contribution in [3.8, 4) is 0 Å². The van der Waals surface area contributed by atoms with E-state index in [4.69, 9.17) is 4.42 Å². The molecule has 33 heavy (non-hydrogen) atoms. The maximum Gasteiger partial charge on any atom is 0.230 e. The fraction of sp³-hybridized carbons (Fsp3) is 0.333. The molecule has 0 spiro atoms. The molecule has 0 unspecified atom stereocenters. The molecule has 3 heteroatoms. The van der Waals surface area contributed by atoms with E-state index in [1.54, 1.807) is 0 Å². The Balaban J connectivity index is 2.03. The van der Waals surface area contributed by atoms with Crippen LogP contribution in [0.25, 0.3) is 21.7 Å². The highest BCUT2D eigenvalue weighted by Gasteiger charge is 2.39. The number of furan rings is 1. The van der Waals surface area contributed by atoms with Crippen molar-refractivity contribution < 1.29 is 14.0 Å². The fourth-order valence-electron chi connectivity index (χ4n) is 5.90. The molecule has 0 N–H and O–H groups in total. The third-order valence-corrected chi connectivity index (χ3v) is 8.71. The largest absolute Gasteiger partial charge is 0.451 e. The van der Waals surface area contributed by atoms with Gasteiger partial charge in [-0.05, 0) is 130 Å². The Morgan fingerprint density at radius 3 is 1.33 bits per heavy atom. The van der Waals surface area contributed by atoms with Crippen molar-refractivity contribution in [2.45, 2.75) is 69.2 Å². The number of carbonyl (C=O) groups excluding carboxylic acids is 2. The Kier molecular flexibility index (Phi) is 4.37. The second kappa shape index (κ2) is 6.66. The van der Waals surface area contributed by atoms with Crippen molar-refractivity contribution in [3.63, 3.8) is 0 Å². The summed E-state index contributed by atoms with van der Waals surface area (Å²) in [4.78, 5) is 27.8. The molecule has 168 valence electrons. The van der Waals surface area contributed by atoms with Crippen LogP contribution < -0.4 is 0 Å². The number of benzene rings is 3. The average Bonchev–Trinajstić information content (AvgIpc) is 3.19. The molecule has 3 aromatic carbocycles. The lowest BCUT2D eigenvalue weighted by Crippen LogP contribution is -2.23. The second-order valence-corrected chi connectivity index (χ2v) is 9.92. The summed E-state index contributed by atoms with van der Waals surface area (Å²) in [5.41, 5.74) is 13.0. The van der Waals surface area contributed by atoms with Crippen molar-refractivity contribution in [1.82, 2.24) is 0 Å². The van der Waals surface area contributed by atoms with Gasteiger partial charge in [-0.3, -0.25) is 9.59 Å². The molecule has 4 aromatic rings. The molecule has 0 bridgehead atoms. The third kappa shape index (κ3) is 2.40. The fourth-order valence-corrected chi connectivity index (χ4v) is 5.90. The van der Waals surface area contributed by atoms with Crippen molar-refractivity contribution in [2.24, 2.45) is 0 Å². The Morgan fingerprint density at radius 1 is 0.394 bits per heavy atom. The molecule has 5 rings (SSSR count). The van der Waals surface area contributed by atoms with E-state index in [2.05, 4.69) is 34.6 Å². The van der Waals surface area contributed by atoms with Gasteiger partial charge in [0.15, 0.2) is 11.5 Å². The van der Waals surface area contributed by atoms with Gasteiger partial charge in [0.25, 0.3) is 0 Å². The van der Waals surface area contributed by atoms with Gasteiger partial charge in [0.2, 0.25) is 5.78 Å². The number of fused-ring (bicyclic) bond motifs is 6. The normalized spacial score (nSPS) is 13.3. The lowest BCUT2D eigenvalue weighted by molar-refractivity contribution is 0.0961. The van der Waals surface area contributed by atoms with Crippen molar-refractivity contribution in [3.05, 3.63) is 78.1 Å². The minimum Gasteiger partial charge on any atom is -0.451 e. The molecule has 1 aliphatic carbocycles. The number of rotatable bonds is 0. The van der Waals surface area contributed by atoms with Crippen LogP contribution >= 0.6 is 0 Å². The minimum atomic E-state index is -0.178. The molecule has 0 saturated carbocycles. The Hall–Kier alpha value is -3.20. The Morgan fingerprint density at radius 2 is 0.788 bits per heavy atom. The van der Waals surface area contributed by atoms with Crippen LogP contribution in [0.3, 0.4) is 0 Å². The van der Waals surface area contributed by atoms with E-state index in [9.17, 15) is 9.59 Å². The van der Waals surface area contributed by atoms with Gasteiger partial charge >= 0.3 is 0 Å². The zero-order valence-electron chi connectivity index (χ0n) is 21.2. The topological polar surface area (TPSA) is 47.3 Å². The van der Waals surface area contributed by atoms with Crippen molar-refractivity contribution >= 4 is 33.3 Å². The summed E-state index contributed by atoms with van der Waals surface area (Å²) >= 11 is 0. The van der Waals surface area contributed by atoms with E-state index in [1.165, 1.54) is 22.1 Å². The van der Waals surface area contributed by atoms with Gasteiger partial charge in [0, 0.05) is 21.9 Å². The average molecular weight is 439 g/mol. The molecule has 0 saturated heterocycles. The van der Waals surface area contributed by atoms with Crippen LogP contribution in [0.4, 0.5) is 0 Å². The first-order valence-electron chi connectivity index (χ1n) is 11.6.